The summed E-state index contributed by atoms with van der Waals surface area (Å²) in [5, 5.41) is 6.21. The Hall–Kier alpha value is -2.24. The lowest BCUT2D eigenvalue weighted by molar-refractivity contribution is -0.117. The van der Waals surface area contributed by atoms with E-state index >= 15 is 0 Å². The third-order valence-electron chi connectivity index (χ3n) is 6.28. The number of rotatable bonds is 4. The van der Waals surface area contributed by atoms with Crippen molar-refractivity contribution in [2.75, 3.05) is 18.6 Å². The van der Waals surface area contributed by atoms with E-state index in [0.717, 1.165) is 24.3 Å². The summed E-state index contributed by atoms with van der Waals surface area (Å²) < 4.78 is 5.18. The zero-order chi connectivity index (χ0) is 21.2. The Kier molecular flexibility index (Phi) is 8.84. The molecule has 3 amide bonds. The van der Waals surface area contributed by atoms with Crippen LogP contribution in [0.25, 0.3) is 0 Å². The van der Waals surface area contributed by atoms with Crippen LogP contribution in [-0.2, 0) is 4.79 Å². The van der Waals surface area contributed by atoms with Gasteiger partial charge in [-0.15, -0.1) is 0 Å². The van der Waals surface area contributed by atoms with Crippen LogP contribution in [0.3, 0.4) is 0 Å². The highest BCUT2D eigenvalue weighted by Gasteiger charge is 2.31. The smallest absolute Gasteiger partial charge is 0.315 e. The molecule has 1 aliphatic carbocycles. The van der Waals surface area contributed by atoms with Crippen molar-refractivity contribution < 1.29 is 14.3 Å². The predicted octanol–water partition coefficient (Wildman–Crippen LogP) is 4.77. The fourth-order valence-corrected chi connectivity index (χ4v) is 4.54. The van der Waals surface area contributed by atoms with E-state index in [0.29, 0.717) is 13.0 Å². The average Bonchev–Trinajstić information content (AvgIpc) is 3.10. The maximum Gasteiger partial charge on any atom is 0.315 e. The van der Waals surface area contributed by atoms with Gasteiger partial charge < -0.3 is 20.3 Å². The molecular formula is C24H37N3O3. The largest absolute Gasteiger partial charge is 0.497 e. The van der Waals surface area contributed by atoms with Crippen molar-refractivity contribution >= 4 is 17.6 Å². The van der Waals surface area contributed by atoms with Crippen molar-refractivity contribution in [3.8, 4) is 5.75 Å². The summed E-state index contributed by atoms with van der Waals surface area (Å²) >= 11 is 0. The van der Waals surface area contributed by atoms with Crippen molar-refractivity contribution in [3.05, 3.63) is 24.3 Å². The van der Waals surface area contributed by atoms with Crippen LogP contribution >= 0.6 is 0 Å². The summed E-state index contributed by atoms with van der Waals surface area (Å²) in [5.74, 6) is 0.799. The summed E-state index contributed by atoms with van der Waals surface area (Å²) in [4.78, 5) is 26.8. The van der Waals surface area contributed by atoms with E-state index in [2.05, 4.69) is 10.6 Å². The normalized spacial score (nSPS) is 22.1. The molecule has 2 aliphatic rings. The van der Waals surface area contributed by atoms with Crippen LogP contribution in [0.15, 0.2) is 24.3 Å². The molecule has 166 valence electrons. The molecule has 30 heavy (non-hydrogen) atoms. The minimum Gasteiger partial charge on any atom is -0.497 e. The number of methoxy groups -OCH3 is 1. The number of hydrogen-bond donors (Lipinski definition) is 2. The van der Waals surface area contributed by atoms with Crippen molar-refractivity contribution in [2.24, 2.45) is 0 Å². The second kappa shape index (κ2) is 11.8. The molecule has 0 bridgehead atoms. The predicted molar refractivity (Wildman–Crippen MR) is 120 cm³/mol. The standard InChI is InChI=1S/C24H37N3O3/c1-30-22-15-13-21(14-16-22)27-18-20(17-23(27)28)26-24(29)25-19-11-9-7-5-3-2-4-6-8-10-12-19/h13-16,19-20H,2-12,17-18H2,1H3,(H2,25,26,29)/t20-/m1/s1. The van der Waals surface area contributed by atoms with Crippen LogP contribution in [0, 0.1) is 0 Å². The molecule has 0 spiro atoms. The highest BCUT2D eigenvalue weighted by molar-refractivity contribution is 5.96. The summed E-state index contributed by atoms with van der Waals surface area (Å²) in [6, 6.07) is 7.39. The summed E-state index contributed by atoms with van der Waals surface area (Å²) in [7, 11) is 1.62. The minimum absolute atomic E-state index is 0.0384. The zero-order valence-electron chi connectivity index (χ0n) is 18.3. The lowest BCUT2D eigenvalue weighted by Gasteiger charge is -2.22. The number of carbonyl (C=O) groups excluding carboxylic acids is 2. The molecule has 6 nitrogen and oxygen atoms in total. The molecule has 1 aliphatic heterocycles. The molecule has 1 saturated heterocycles. The third kappa shape index (κ3) is 6.92. The first-order valence-electron chi connectivity index (χ1n) is 11.7. The molecule has 6 heteroatoms. The van der Waals surface area contributed by atoms with Crippen LogP contribution in [-0.4, -0.2) is 37.7 Å². The fraction of sp³-hybridized carbons (Fsp3) is 0.667. The lowest BCUT2D eigenvalue weighted by Crippen LogP contribution is -2.47. The topological polar surface area (TPSA) is 70.7 Å². The van der Waals surface area contributed by atoms with E-state index in [4.69, 9.17) is 4.74 Å². The number of hydrogen-bond acceptors (Lipinski definition) is 3. The number of anilines is 1. The number of carbonyl (C=O) groups is 2. The lowest BCUT2D eigenvalue weighted by atomic mass is 9.98. The zero-order valence-corrected chi connectivity index (χ0v) is 18.3. The molecule has 0 aromatic heterocycles. The van der Waals surface area contributed by atoms with E-state index in [1.54, 1.807) is 12.0 Å². The van der Waals surface area contributed by atoms with Crippen LogP contribution in [0.5, 0.6) is 5.75 Å². The summed E-state index contributed by atoms with van der Waals surface area (Å²) in [6.45, 7) is 0.503. The van der Waals surface area contributed by atoms with Gasteiger partial charge in [-0.1, -0.05) is 57.8 Å². The van der Waals surface area contributed by atoms with E-state index in [-0.39, 0.29) is 24.0 Å². The second-order valence-electron chi connectivity index (χ2n) is 8.68. The van der Waals surface area contributed by atoms with E-state index in [9.17, 15) is 9.59 Å². The molecule has 1 aromatic carbocycles. The van der Waals surface area contributed by atoms with Gasteiger partial charge in [-0.2, -0.15) is 0 Å². The van der Waals surface area contributed by atoms with E-state index in [1.165, 1.54) is 57.8 Å². The van der Waals surface area contributed by atoms with Crippen molar-refractivity contribution in [2.45, 2.75) is 89.1 Å². The second-order valence-corrected chi connectivity index (χ2v) is 8.68. The first kappa shape index (κ1) is 22.4. The van der Waals surface area contributed by atoms with Gasteiger partial charge in [-0.3, -0.25) is 4.79 Å². The molecule has 2 N–H and O–H groups in total. The van der Waals surface area contributed by atoms with Gasteiger partial charge in [0.1, 0.15) is 5.75 Å². The van der Waals surface area contributed by atoms with Crippen LogP contribution in [0.2, 0.25) is 0 Å². The highest BCUT2D eigenvalue weighted by atomic mass is 16.5. The number of ether oxygens (including phenoxy) is 1. The molecule has 3 rings (SSSR count). The van der Waals surface area contributed by atoms with Gasteiger partial charge in [0.05, 0.1) is 13.2 Å². The number of urea groups is 1. The van der Waals surface area contributed by atoms with Gasteiger partial charge >= 0.3 is 6.03 Å². The van der Waals surface area contributed by atoms with E-state index < -0.39 is 0 Å². The fourth-order valence-electron chi connectivity index (χ4n) is 4.54. The van der Waals surface area contributed by atoms with Crippen LogP contribution < -0.4 is 20.3 Å². The quantitative estimate of drug-likeness (QED) is 0.744. The Labute approximate surface area is 180 Å². The Morgan fingerprint density at radius 2 is 1.40 bits per heavy atom. The number of benzene rings is 1. The maximum absolute atomic E-state index is 12.6. The summed E-state index contributed by atoms with van der Waals surface area (Å²) in [6.07, 6.45) is 14.0. The monoisotopic (exact) mass is 415 g/mol. The molecule has 1 heterocycles. The van der Waals surface area contributed by atoms with Crippen LogP contribution in [0.4, 0.5) is 10.5 Å². The van der Waals surface area contributed by atoms with Gasteiger partial charge in [0.25, 0.3) is 0 Å². The molecule has 0 radical (unpaired) electrons. The summed E-state index contributed by atoms with van der Waals surface area (Å²) in [5.41, 5.74) is 0.838. The van der Waals surface area contributed by atoms with Crippen molar-refractivity contribution in [1.82, 2.24) is 10.6 Å². The maximum atomic E-state index is 12.6. The molecule has 1 saturated carbocycles. The number of nitrogens with one attached hydrogen (secondary N) is 2. The van der Waals surface area contributed by atoms with Gasteiger partial charge in [-0.05, 0) is 37.1 Å². The Morgan fingerprint density at radius 1 is 0.867 bits per heavy atom. The SMILES string of the molecule is COc1ccc(N2C[C@H](NC(=O)NC3CCCCCCCCCCC3)CC2=O)cc1. The molecule has 2 fully saturated rings. The van der Waals surface area contributed by atoms with Gasteiger partial charge in [0.2, 0.25) is 5.91 Å². The third-order valence-corrected chi connectivity index (χ3v) is 6.28. The molecule has 1 aromatic rings. The molecule has 0 unspecified atom stereocenters. The molecular weight excluding hydrogens is 378 g/mol. The van der Waals surface area contributed by atoms with Gasteiger partial charge in [-0.25, -0.2) is 4.79 Å². The Morgan fingerprint density at radius 3 is 1.97 bits per heavy atom. The molecule has 1 atom stereocenters. The minimum atomic E-state index is -0.161. The Bertz CT molecular complexity index is 665. The van der Waals surface area contributed by atoms with Gasteiger partial charge in [0, 0.05) is 24.7 Å². The van der Waals surface area contributed by atoms with Gasteiger partial charge in [0.15, 0.2) is 0 Å². The Balaban J connectivity index is 1.47. The van der Waals surface area contributed by atoms with Crippen molar-refractivity contribution in [1.29, 1.82) is 0 Å². The highest BCUT2D eigenvalue weighted by Crippen LogP contribution is 2.24. The number of nitrogens with zero attached hydrogens (tertiary/aromatic N) is 1. The first-order chi connectivity index (χ1) is 14.7. The first-order valence-corrected chi connectivity index (χ1v) is 11.7. The van der Waals surface area contributed by atoms with Crippen LogP contribution in [0.1, 0.15) is 77.0 Å². The van der Waals surface area contributed by atoms with E-state index in [1.807, 2.05) is 24.3 Å². The average molecular weight is 416 g/mol. The number of amides is 3. The van der Waals surface area contributed by atoms with Crippen molar-refractivity contribution in [3.63, 3.8) is 0 Å².